The zero-order chi connectivity index (χ0) is 16.9. The van der Waals surface area contributed by atoms with Crippen molar-refractivity contribution in [1.82, 2.24) is 15.0 Å². The van der Waals surface area contributed by atoms with E-state index >= 15 is 0 Å². The van der Waals surface area contributed by atoms with E-state index < -0.39 is 0 Å². The monoisotopic (exact) mass is 323 g/mol. The smallest absolute Gasteiger partial charge is 0.231 e. The van der Waals surface area contributed by atoms with Gasteiger partial charge in [0, 0.05) is 30.7 Å². The summed E-state index contributed by atoms with van der Waals surface area (Å²) in [5.41, 5.74) is 2.49. The maximum atomic E-state index is 9.07. The number of nitriles is 1. The molecule has 3 heterocycles. The first-order valence-electron chi connectivity index (χ1n) is 8.21. The fourth-order valence-electron chi connectivity index (χ4n) is 2.94. The van der Waals surface area contributed by atoms with Gasteiger partial charge < -0.3 is 9.64 Å². The van der Waals surface area contributed by atoms with Crippen LogP contribution in [-0.4, -0.2) is 34.6 Å². The van der Waals surface area contributed by atoms with Crippen molar-refractivity contribution in [2.75, 3.05) is 24.6 Å². The lowest BCUT2D eigenvalue weighted by atomic mass is 9.98. The summed E-state index contributed by atoms with van der Waals surface area (Å²) in [6.45, 7) is 6.43. The van der Waals surface area contributed by atoms with E-state index in [9.17, 15) is 0 Å². The van der Waals surface area contributed by atoms with Crippen LogP contribution < -0.4 is 9.64 Å². The van der Waals surface area contributed by atoms with E-state index in [0.717, 1.165) is 43.3 Å². The molecule has 6 heteroatoms. The van der Waals surface area contributed by atoms with Crippen LogP contribution in [0.2, 0.25) is 0 Å². The normalized spacial score (nSPS) is 15.1. The molecule has 6 nitrogen and oxygen atoms in total. The van der Waals surface area contributed by atoms with Crippen LogP contribution in [0, 0.1) is 31.1 Å². The highest BCUT2D eigenvalue weighted by Gasteiger charge is 2.22. The van der Waals surface area contributed by atoms with E-state index in [2.05, 4.69) is 25.9 Å². The lowest BCUT2D eigenvalue weighted by Crippen LogP contribution is -2.36. The van der Waals surface area contributed by atoms with Gasteiger partial charge in [-0.25, -0.2) is 15.0 Å². The molecule has 0 bridgehead atoms. The van der Waals surface area contributed by atoms with E-state index in [1.807, 2.05) is 19.9 Å². The summed E-state index contributed by atoms with van der Waals surface area (Å²) in [6, 6.07) is 7.57. The van der Waals surface area contributed by atoms with Crippen molar-refractivity contribution in [2.45, 2.75) is 26.7 Å². The van der Waals surface area contributed by atoms with Crippen LogP contribution in [0.5, 0.6) is 5.88 Å². The number of piperidine rings is 1. The van der Waals surface area contributed by atoms with Crippen molar-refractivity contribution in [3.8, 4) is 11.9 Å². The number of anilines is 1. The fourth-order valence-corrected chi connectivity index (χ4v) is 2.94. The molecule has 0 spiro atoms. The molecule has 0 radical (unpaired) electrons. The van der Waals surface area contributed by atoms with Crippen molar-refractivity contribution in [3.05, 3.63) is 41.3 Å². The van der Waals surface area contributed by atoms with Gasteiger partial charge in [-0.05, 0) is 50.8 Å². The zero-order valence-electron chi connectivity index (χ0n) is 14.1. The quantitative estimate of drug-likeness (QED) is 0.861. The Hall–Kier alpha value is -2.68. The lowest BCUT2D eigenvalue weighted by Gasteiger charge is -2.32. The molecule has 124 valence electrons. The van der Waals surface area contributed by atoms with Crippen molar-refractivity contribution in [1.29, 1.82) is 5.26 Å². The molecule has 1 aliphatic heterocycles. The summed E-state index contributed by atoms with van der Waals surface area (Å²) in [7, 11) is 0. The number of ether oxygens (including phenoxy) is 1. The van der Waals surface area contributed by atoms with Crippen LogP contribution in [0.3, 0.4) is 0 Å². The second-order valence-electron chi connectivity index (χ2n) is 6.16. The van der Waals surface area contributed by atoms with Crippen molar-refractivity contribution in [3.63, 3.8) is 0 Å². The molecular weight excluding hydrogens is 302 g/mol. The topological polar surface area (TPSA) is 74.9 Å². The largest absolute Gasteiger partial charge is 0.476 e. The van der Waals surface area contributed by atoms with E-state index in [1.54, 1.807) is 18.3 Å². The van der Waals surface area contributed by atoms with Gasteiger partial charge in [-0.2, -0.15) is 5.26 Å². The average Bonchev–Trinajstić information content (AvgIpc) is 2.60. The third kappa shape index (κ3) is 3.80. The highest BCUT2D eigenvalue weighted by molar-refractivity contribution is 5.37. The van der Waals surface area contributed by atoms with Crippen LogP contribution in [0.15, 0.2) is 24.4 Å². The van der Waals surface area contributed by atoms with E-state index in [0.29, 0.717) is 24.0 Å². The Labute approximate surface area is 142 Å². The molecule has 0 amide bonds. The Kier molecular flexibility index (Phi) is 4.90. The van der Waals surface area contributed by atoms with Crippen molar-refractivity contribution in [2.24, 2.45) is 5.92 Å². The molecule has 0 saturated carbocycles. The first-order chi connectivity index (χ1) is 11.7. The number of rotatable bonds is 4. The average molecular weight is 323 g/mol. The minimum Gasteiger partial charge on any atom is -0.476 e. The first-order valence-corrected chi connectivity index (χ1v) is 8.21. The predicted octanol–water partition coefficient (Wildman–Crippen LogP) is 2.66. The van der Waals surface area contributed by atoms with Crippen LogP contribution >= 0.6 is 0 Å². The van der Waals surface area contributed by atoms with Gasteiger partial charge in [-0.15, -0.1) is 0 Å². The van der Waals surface area contributed by atoms with Gasteiger partial charge in [0.25, 0.3) is 0 Å². The molecule has 0 aliphatic carbocycles. The third-order valence-corrected chi connectivity index (χ3v) is 4.22. The Balaban J connectivity index is 1.55. The molecule has 1 fully saturated rings. The van der Waals surface area contributed by atoms with Gasteiger partial charge in [0.1, 0.15) is 11.6 Å². The molecule has 0 N–H and O–H groups in total. The second-order valence-corrected chi connectivity index (χ2v) is 6.16. The van der Waals surface area contributed by atoms with E-state index in [4.69, 9.17) is 10.00 Å². The molecule has 0 unspecified atom stereocenters. The number of aryl methyl sites for hydroxylation is 2. The molecule has 2 aromatic rings. The van der Waals surface area contributed by atoms with E-state index in [1.165, 1.54) is 0 Å². The summed E-state index contributed by atoms with van der Waals surface area (Å²) in [6.07, 6.45) is 3.69. The Bertz CT molecular complexity index is 727. The first kappa shape index (κ1) is 16.2. The SMILES string of the molecule is Cc1cc(C)nc(N2CCC(COc3ncccc3C#N)CC2)n1. The summed E-state index contributed by atoms with van der Waals surface area (Å²) in [5.74, 6) is 1.71. The highest BCUT2D eigenvalue weighted by atomic mass is 16.5. The summed E-state index contributed by atoms with van der Waals surface area (Å²) in [4.78, 5) is 15.4. The Morgan fingerprint density at radius 3 is 2.62 bits per heavy atom. The van der Waals surface area contributed by atoms with Gasteiger partial charge in [0.2, 0.25) is 11.8 Å². The molecule has 0 atom stereocenters. The highest BCUT2D eigenvalue weighted by Crippen LogP contribution is 2.23. The maximum Gasteiger partial charge on any atom is 0.231 e. The maximum absolute atomic E-state index is 9.07. The molecule has 1 aliphatic rings. The number of aromatic nitrogens is 3. The van der Waals surface area contributed by atoms with Gasteiger partial charge in [-0.3, -0.25) is 0 Å². The zero-order valence-corrected chi connectivity index (χ0v) is 14.1. The number of hydrogen-bond donors (Lipinski definition) is 0. The molecule has 3 rings (SSSR count). The van der Waals surface area contributed by atoms with E-state index in [-0.39, 0.29) is 0 Å². The molecule has 1 saturated heterocycles. The summed E-state index contributed by atoms with van der Waals surface area (Å²) >= 11 is 0. The van der Waals surface area contributed by atoms with Gasteiger partial charge in [0.05, 0.1) is 6.61 Å². The van der Waals surface area contributed by atoms with Crippen LogP contribution in [0.1, 0.15) is 29.8 Å². The van der Waals surface area contributed by atoms with Gasteiger partial charge in [0.15, 0.2) is 0 Å². The Morgan fingerprint density at radius 2 is 1.96 bits per heavy atom. The van der Waals surface area contributed by atoms with Crippen molar-refractivity contribution >= 4 is 5.95 Å². The van der Waals surface area contributed by atoms with Crippen LogP contribution in [-0.2, 0) is 0 Å². The second kappa shape index (κ2) is 7.26. The fraction of sp³-hybridized carbons (Fsp3) is 0.444. The lowest BCUT2D eigenvalue weighted by molar-refractivity contribution is 0.215. The molecular formula is C18H21N5O. The summed E-state index contributed by atoms with van der Waals surface area (Å²) in [5, 5.41) is 9.07. The number of hydrogen-bond acceptors (Lipinski definition) is 6. The minimum absolute atomic E-state index is 0.431. The molecule has 24 heavy (non-hydrogen) atoms. The minimum atomic E-state index is 0.431. The van der Waals surface area contributed by atoms with Crippen LogP contribution in [0.4, 0.5) is 5.95 Å². The molecule has 0 aromatic carbocycles. The third-order valence-electron chi connectivity index (χ3n) is 4.22. The molecule has 2 aromatic heterocycles. The van der Waals surface area contributed by atoms with Gasteiger partial charge in [-0.1, -0.05) is 0 Å². The predicted molar refractivity (Wildman–Crippen MR) is 90.9 cm³/mol. The van der Waals surface area contributed by atoms with Crippen molar-refractivity contribution < 1.29 is 4.74 Å². The number of pyridine rings is 1. The standard InChI is InChI=1S/C18H21N5O/c1-13-10-14(2)22-18(21-13)23-8-5-15(6-9-23)12-24-17-16(11-19)4-3-7-20-17/h3-4,7,10,15H,5-6,8-9,12H2,1-2H3. The number of nitrogens with zero attached hydrogens (tertiary/aromatic N) is 5. The van der Waals surface area contributed by atoms with Crippen LogP contribution in [0.25, 0.3) is 0 Å². The van der Waals surface area contributed by atoms with Gasteiger partial charge >= 0.3 is 0 Å². The Morgan fingerprint density at radius 1 is 1.25 bits per heavy atom. The summed E-state index contributed by atoms with van der Waals surface area (Å²) < 4.78 is 5.76.